The summed E-state index contributed by atoms with van der Waals surface area (Å²) in [5.74, 6) is -1.34. The Hall–Kier alpha value is -2.43. The topological polar surface area (TPSA) is 115 Å². The zero-order chi connectivity index (χ0) is 16.8. The van der Waals surface area contributed by atoms with Crippen LogP contribution in [0.5, 0.6) is 0 Å². The molecule has 0 rings (SSSR count). The van der Waals surface area contributed by atoms with Crippen molar-refractivity contribution in [3.05, 3.63) is 38.0 Å². The van der Waals surface area contributed by atoms with Crippen molar-refractivity contribution >= 4 is 25.0 Å². The van der Waals surface area contributed by atoms with Gasteiger partial charge >= 0.3 is 7.32 Å². The first-order chi connectivity index (χ1) is 10.5. The van der Waals surface area contributed by atoms with Gasteiger partial charge in [-0.25, -0.2) is 0 Å². The van der Waals surface area contributed by atoms with Gasteiger partial charge in [0.05, 0.1) is 0 Å². The number of rotatable bonds is 12. The van der Waals surface area contributed by atoms with Crippen LogP contribution in [-0.4, -0.2) is 45.2 Å². The predicted molar refractivity (Wildman–Crippen MR) is 78.6 cm³/mol. The minimum absolute atomic E-state index is 0.222. The molecule has 120 valence electrons. The van der Waals surface area contributed by atoms with Gasteiger partial charge < -0.3 is 29.9 Å². The minimum Gasteiger partial charge on any atom is -0.368 e. The van der Waals surface area contributed by atoms with Crippen molar-refractivity contribution in [1.82, 2.24) is 16.0 Å². The van der Waals surface area contributed by atoms with Gasteiger partial charge in [-0.1, -0.05) is 19.7 Å². The van der Waals surface area contributed by atoms with E-state index in [0.29, 0.717) is 0 Å². The van der Waals surface area contributed by atoms with E-state index >= 15 is 0 Å². The molecule has 0 saturated heterocycles. The van der Waals surface area contributed by atoms with Gasteiger partial charge in [0.25, 0.3) is 0 Å². The zero-order valence-corrected chi connectivity index (χ0v) is 12.0. The average molecular weight is 311 g/mol. The summed E-state index contributed by atoms with van der Waals surface area (Å²) < 4.78 is 15.2. The van der Waals surface area contributed by atoms with E-state index < -0.39 is 25.0 Å². The Kier molecular flexibility index (Phi) is 11.0. The van der Waals surface area contributed by atoms with Crippen molar-refractivity contribution in [2.24, 2.45) is 0 Å². The number of carbonyl (C=O) groups is 3. The SMILES string of the molecule is C=CC(=O)NCOB(OCNC(=O)C=C)OCNC(=O)C=C. The lowest BCUT2D eigenvalue weighted by Crippen LogP contribution is -2.39. The molecule has 0 aliphatic carbocycles. The summed E-state index contributed by atoms with van der Waals surface area (Å²) >= 11 is 0. The quantitative estimate of drug-likeness (QED) is 0.237. The van der Waals surface area contributed by atoms with E-state index in [4.69, 9.17) is 14.0 Å². The number of hydrogen-bond donors (Lipinski definition) is 3. The zero-order valence-electron chi connectivity index (χ0n) is 12.0. The summed E-state index contributed by atoms with van der Waals surface area (Å²) in [7, 11) is -1.24. The number of carbonyl (C=O) groups excluding carboxylic acids is 3. The molecule has 10 heteroatoms. The molecule has 0 saturated carbocycles. The molecule has 0 radical (unpaired) electrons. The molecule has 0 aromatic carbocycles. The fourth-order valence-corrected chi connectivity index (χ4v) is 0.903. The molecule has 0 aromatic heterocycles. The normalized spacial score (nSPS) is 9.27. The second-order valence-electron chi connectivity index (χ2n) is 3.46. The molecule has 0 heterocycles. The van der Waals surface area contributed by atoms with Crippen molar-refractivity contribution in [3.63, 3.8) is 0 Å². The molecule has 3 N–H and O–H groups in total. The molecule has 0 aliphatic rings. The third-order valence-electron chi connectivity index (χ3n) is 1.95. The van der Waals surface area contributed by atoms with Gasteiger partial charge in [-0.2, -0.15) is 0 Å². The lowest BCUT2D eigenvalue weighted by atomic mass is 10.2. The third kappa shape index (κ3) is 10.4. The second kappa shape index (κ2) is 12.3. The van der Waals surface area contributed by atoms with Crippen molar-refractivity contribution < 1.29 is 28.3 Å². The fraction of sp³-hybridized carbons (Fsp3) is 0.250. The molecule has 0 atom stereocenters. The molecule has 0 spiro atoms. The highest BCUT2D eigenvalue weighted by Gasteiger charge is 2.21. The van der Waals surface area contributed by atoms with E-state index in [0.717, 1.165) is 18.2 Å². The number of amides is 3. The molecule has 0 unspecified atom stereocenters. The van der Waals surface area contributed by atoms with Crippen molar-refractivity contribution in [1.29, 1.82) is 0 Å². The van der Waals surface area contributed by atoms with Crippen LogP contribution in [0.15, 0.2) is 38.0 Å². The van der Waals surface area contributed by atoms with Gasteiger partial charge in [-0.3, -0.25) is 14.4 Å². The van der Waals surface area contributed by atoms with Crippen LogP contribution in [0.3, 0.4) is 0 Å². The molecule has 22 heavy (non-hydrogen) atoms. The van der Waals surface area contributed by atoms with Crippen molar-refractivity contribution in [3.8, 4) is 0 Å². The largest absolute Gasteiger partial charge is 0.643 e. The summed E-state index contributed by atoms with van der Waals surface area (Å²) in [4.78, 5) is 32.9. The first-order valence-corrected chi connectivity index (χ1v) is 6.09. The maximum absolute atomic E-state index is 11.0. The number of hydrogen-bond acceptors (Lipinski definition) is 6. The Bertz CT molecular complexity index is 367. The van der Waals surface area contributed by atoms with Gasteiger partial charge in [0.1, 0.15) is 20.2 Å². The van der Waals surface area contributed by atoms with Gasteiger partial charge in [0.2, 0.25) is 17.7 Å². The maximum Gasteiger partial charge on any atom is 0.643 e. The Labute approximate surface area is 128 Å². The van der Waals surface area contributed by atoms with Crippen LogP contribution in [0, 0.1) is 0 Å². The van der Waals surface area contributed by atoms with E-state index in [9.17, 15) is 14.4 Å². The monoisotopic (exact) mass is 311 g/mol. The molecule has 0 bridgehead atoms. The molecular formula is C12H18BN3O6. The van der Waals surface area contributed by atoms with Gasteiger partial charge in [0.15, 0.2) is 0 Å². The average Bonchev–Trinajstić information content (AvgIpc) is 2.53. The highest BCUT2D eigenvalue weighted by atomic mass is 16.7. The molecule has 0 aliphatic heterocycles. The van der Waals surface area contributed by atoms with Crippen LogP contribution in [0.1, 0.15) is 0 Å². The van der Waals surface area contributed by atoms with E-state index in [1.54, 1.807) is 0 Å². The van der Waals surface area contributed by atoms with Crippen LogP contribution in [0.25, 0.3) is 0 Å². The van der Waals surface area contributed by atoms with Crippen LogP contribution in [0.2, 0.25) is 0 Å². The Morgan fingerprint density at radius 3 is 1.23 bits per heavy atom. The van der Waals surface area contributed by atoms with E-state index in [1.807, 2.05) is 0 Å². The molecule has 3 amide bonds. The molecular weight excluding hydrogens is 293 g/mol. The first-order valence-electron chi connectivity index (χ1n) is 6.09. The standard InChI is InChI=1S/C12H18BN3O6/c1-4-10(17)14-7-20-13(21-8-15-11(18)5-2)22-9-16-12(19)6-3/h4-6H,1-3,7-9H2,(H,14,17)(H,15,18)(H,16,19). The molecule has 0 fully saturated rings. The summed E-state index contributed by atoms with van der Waals surface area (Å²) in [5.41, 5.74) is 0. The lowest BCUT2D eigenvalue weighted by molar-refractivity contribution is -0.117. The smallest absolute Gasteiger partial charge is 0.368 e. The highest BCUT2D eigenvalue weighted by Crippen LogP contribution is 1.91. The summed E-state index contributed by atoms with van der Waals surface area (Å²) in [6.45, 7) is 9.15. The van der Waals surface area contributed by atoms with Crippen LogP contribution >= 0.6 is 0 Å². The van der Waals surface area contributed by atoms with Gasteiger partial charge in [-0.05, 0) is 18.2 Å². The lowest BCUT2D eigenvalue weighted by Gasteiger charge is -2.15. The second-order valence-corrected chi connectivity index (χ2v) is 3.46. The van der Waals surface area contributed by atoms with E-state index in [-0.39, 0.29) is 20.2 Å². The Balaban J connectivity index is 4.16. The van der Waals surface area contributed by atoms with Crippen LogP contribution < -0.4 is 16.0 Å². The van der Waals surface area contributed by atoms with Crippen LogP contribution in [-0.2, 0) is 28.3 Å². The third-order valence-corrected chi connectivity index (χ3v) is 1.95. The Morgan fingerprint density at radius 1 is 0.727 bits per heavy atom. The van der Waals surface area contributed by atoms with Gasteiger partial charge in [0, 0.05) is 0 Å². The summed E-state index contributed by atoms with van der Waals surface area (Å²) in [6.07, 6.45) is 3.19. The highest BCUT2D eigenvalue weighted by molar-refractivity contribution is 6.36. The summed E-state index contributed by atoms with van der Waals surface area (Å²) in [5, 5.41) is 7.01. The Morgan fingerprint density at radius 2 is 1.00 bits per heavy atom. The van der Waals surface area contributed by atoms with E-state index in [2.05, 4.69) is 35.7 Å². The minimum atomic E-state index is -1.24. The maximum atomic E-state index is 11.0. The summed E-state index contributed by atoms with van der Waals surface area (Å²) in [6, 6.07) is 0. The number of nitrogens with one attached hydrogen (secondary N) is 3. The van der Waals surface area contributed by atoms with Crippen molar-refractivity contribution in [2.75, 3.05) is 20.2 Å². The first kappa shape index (κ1) is 19.6. The van der Waals surface area contributed by atoms with Crippen LogP contribution in [0.4, 0.5) is 0 Å². The van der Waals surface area contributed by atoms with Crippen molar-refractivity contribution in [2.45, 2.75) is 0 Å². The fourth-order valence-electron chi connectivity index (χ4n) is 0.903. The predicted octanol–water partition coefficient (Wildman–Crippen LogP) is -1.20. The molecule has 0 aromatic rings. The van der Waals surface area contributed by atoms with Gasteiger partial charge in [-0.15, -0.1) is 0 Å². The molecule has 9 nitrogen and oxygen atoms in total. The van der Waals surface area contributed by atoms with E-state index in [1.165, 1.54) is 0 Å².